The van der Waals surface area contributed by atoms with E-state index in [1.165, 1.54) is 15.3 Å². The molecule has 3 aromatic heterocycles. The van der Waals surface area contributed by atoms with Crippen LogP contribution in [0.3, 0.4) is 0 Å². The van der Waals surface area contributed by atoms with Crippen molar-refractivity contribution in [1.29, 1.82) is 0 Å². The first kappa shape index (κ1) is 19.9. The van der Waals surface area contributed by atoms with Gasteiger partial charge in [-0.2, -0.15) is 0 Å². The first-order valence-corrected chi connectivity index (χ1v) is 12.2. The summed E-state index contributed by atoms with van der Waals surface area (Å²) in [6, 6.07) is 15.8. The van der Waals surface area contributed by atoms with Crippen molar-refractivity contribution in [2.24, 2.45) is 0 Å². The van der Waals surface area contributed by atoms with Crippen LogP contribution in [0.1, 0.15) is 17.0 Å². The predicted octanol–water partition coefficient (Wildman–Crippen LogP) is 3.10. The van der Waals surface area contributed by atoms with Gasteiger partial charge in [0, 0.05) is 37.9 Å². The van der Waals surface area contributed by atoms with E-state index in [0.29, 0.717) is 43.1 Å². The summed E-state index contributed by atoms with van der Waals surface area (Å²) < 4.78 is 27.4. The number of rotatable bonds is 5. The molecule has 7 nitrogen and oxygen atoms in total. The zero-order chi connectivity index (χ0) is 21.4. The van der Waals surface area contributed by atoms with E-state index in [4.69, 9.17) is 0 Å². The average molecular weight is 453 g/mol. The third kappa shape index (κ3) is 3.76. The van der Waals surface area contributed by atoms with Crippen molar-refractivity contribution in [3.63, 3.8) is 0 Å². The van der Waals surface area contributed by atoms with E-state index >= 15 is 0 Å². The minimum atomic E-state index is -3.67. The SMILES string of the molecule is O=c1[nH]c(-c2cccs2)nc2c1CN(Cc1cccn1S(=O)(=O)c1ccccc1)CC2. The zero-order valence-corrected chi connectivity index (χ0v) is 18.2. The monoisotopic (exact) mass is 452 g/mol. The van der Waals surface area contributed by atoms with E-state index in [1.807, 2.05) is 17.5 Å². The molecule has 9 heteroatoms. The molecule has 1 aliphatic heterocycles. The number of H-pyrrole nitrogens is 1. The number of hydrogen-bond acceptors (Lipinski definition) is 6. The highest BCUT2D eigenvalue weighted by atomic mass is 32.2. The average Bonchev–Trinajstić information content (AvgIpc) is 3.47. The molecular formula is C22H20N4O3S2. The number of nitrogens with one attached hydrogen (secondary N) is 1. The van der Waals surface area contributed by atoms with Crippen molar-refractivity contribution in [3.8, 4) is 10.7 Å². The molecule has 1 N–H and O–H groups in total. The Balaban J connectivity index is 1.40. The van der Waals surface area contributed by atoms with Crippen LogP contribution in [0.25, 0.3) is 10.7 Å². The van der Waals surface area contributed by atoms with Gasteiger partial charge in [-0.15, -0.1) is 11.3 Å². The first-order chi connectivity index (χ1) is 15.0. The molecule has 0 unspecified atom stereocenters. The Labute approximate surface area is 183 Å². The smallest absolute Gasteiger partial charge is 0.267 e. The molecule has 0 saturated heterocycles. The molecule has 0 saturated carbocycles. The van der Waals surface area contributed by atoms with Crippen LogP contribution < -0.4 is 5.56 Å². The lowest BCUT2D eigenvalue weighted by Crippen LogP contribution is -2.36. The molecule has 4 aromatic rings. The van der Waals surface area contributed by atoms with Crippen molar-refractivity contribution in [3.05, 3.63) is 93.5 Å². The van der Waals surface area contributed by atoms with E-state index in [1.54, 1.807) is 48.7 Å². The fraction of sp³-hybridized carbons (Fsp3) is 0.182. The van der Waals surface area contributed by atoms with Crippen LogP contribution in [0.2, 0.25) is 0 Å². The second-order valence-electron chi connectivity index (χ2n) is 7.39. The molecule has 31 heavy (non-hydrogen) atoms. The Hall–Kier alpha value is -3.01. The van der Waals surface area contributed by atoms with Crippen molar-refractivity contribution < 1.29 is 8.42 Å². The van der Waals surface area contributed by atoms with E-state index < -0.39 is 10.0 Å². The molecule has 1 aromatic carbocycles. The Bertz CT molecular complexity index is 1370. The molecule has 0 fully saturated rings. The summed E-state index contributed by atoms with van der Waals surface area (Å²) in [6.45, 7) is 1.55. The summed E-state index contributed by atoms with van der Waals surface area (Å²) >= 11 is 1.54. The Morgan fingerprint density at radius 1 is 1.06 bits per heavy atom. The van der Waals surface area contributed by atoms with Crippen LogP contribution in [-0.4, -0.2) is 33.8 Å². The number of benzene rings is 1. The van der Waals surface area contributed by atoms with Gasteiger partial charge in [-0.05, 0) is 35.7 Å². The number of aromatic amines is 1. The Morgan fingerprint density at radius 2 is 1.90 bits per heavy atom. The van der Waals surface area contributed by atoms with E-state index in [0.717, 1.165) is 10.6 Å². The predicted molar refractivity (Wildman–Crippen MR) is 119 cm³/mol. The second-order valence-corrected chi connectivity index (χ2v) is 10.2. The van der Waals surface area contributed by atoms with Gasteiger partial charge in [0.05, 0.1) is 21.0 Å². The van der Waals surface area contributed by atoms with Crippen LogP contribution in [0.4, 0.5) is 0 Å². The molecule has 158 valence electrons. The summed E-state index contributed by atoms with van der Waals surface area (Å²) in [4.78, 5) is 23.5. The van der Waals surface area contributed by atoms with Crippen molar-refractivity contribution in [1.82, 2.24) is 18.8 Å². The third-order valence-electron chi connectivity index (χ3n) is 5.38. The van der Waals surface area contributed by atoms with Gasteiger partial charge >= 0.3 is 0 Å². The maximum absolute atomic E-state index is 13.0. The summed E-state index contributed by atoms with van der Waals surface area (Å²) in [5.41, 5.74) is 1.99. The third-order valence-corrected chi connectivity index (χ3v) is 8.00. The van der Waals surface area contributed by atoms with Gasteiger partial charge in [-0.1, -0.05) is 24.3 Å². The normalized spacial score (nSPS) is 14.5. The molecule has 1 aliphatic rings. The highest BCUT2D eigenvalue weighted by Gasteiger charge is 2.24. The summed E-state index contributed by atoms with van der Waals surface area (Å²) in [6.07, 6.45) is 2.21. The minimum absolute atomic E-state index is 0.134. The standard InChI is InChI=1S/C22H20N4O3S2/c27-22-18-15-25(12-10-19(18)23-21(24-22)20-9-5-13-30-20)14-16-6-4-11-26(16)31(28,29)17-7-2-1-3-8-17/h1-9,11,13H,10,12,14-15H2,(H,23,24,27). The molecular weight excluding hydrogens is 432 g/mol. The Morgan fingerprint density at radius 3 is 2.68 bits per heavy atom. The number of aromatic nitrogens is 3. The molecule has 0 aliphatic carbocycles. The quantitative estimate of drug-likeness (QED) is 0.503. The molecule has 4 heterocycles. The van der Waals surface area contributed by atoms with Gasteiger partial charge in [0.1, 0.15) is 0 Å². The lowest BCUT2D eigenvalue weighted by atomic mass is 10.1. The topological polar surface area (TPSA) is 88.1 Å². The summed E-state index contributed by atoms with van der Waals surface area (Å²) in [5.74, 6) is 0.607. The fourth-order valence-electron chi connectivity index (χ4n) is 3.84. The van der Waals surface area contributed by atoms with Gasteiger partial charge < -0.3 is 4.98 Å². The van der Waals surface area contributed by atoms with E-state index in [-0.39, 0.29) is 10.5 Å². The molecule has 0 radical (unpaired) electrons. The molecule has 0 bridgehead atoms. The van der Waals surface area contributed by atoms with Gasteiger partial charge in [-0.3, -0.25) is 9.69 Å². The van der Waals surface area contributed by atoms with Crippen molar-refractivity contribution in [2.45, 2.75) is 24.4 Å². The minimum Gasteiger partial charge on any atom is -0.306 e. The largest absolute Gasteiger partial charge is 0.306 e. The van der Waals surface area contributed by atoms with Crippen LogP contribution >= 0.6 is 11.3 Å². The molecule has 0 amide bonds. The van der Waals surface area contributed by atoms with Gasteiger partial charge in [0.15, 0.2) is 5.82 Å². The maximum Gasteiger partial charge on any atom is 0.267 e. The number of nitrogens with zero attached hydrogens (tertiary/aromatic N) is 3. The maximum atomic E-state index is 13.0. The van der Waals surface area contributed by atoms with Crippen LogP contribution in [-0.2, 0) is 29.5 Å². The number of hydrogen-bond donors (Lipinski definition) is 1. The zero-order valence-electron chi connectivity index (χ0n) is 16.6. The number of thiophene rings is 1. The second kappa shape index (κ2) is 7.92. The first-order valence-electron chi connectivity index (χ1n) is 9.87. The highest BCUT2D eigenvalue weighted by Crippen LogP contribution is 2.24. The van der Waals surface area contributed by atoms with Gasteiger partial charge in [-0.25, -0.2) is 17.4 Å². The molecule has 0 spiro atoms. The van der Waals surface area contributed by atoms with E-state index in [2.05, 4.69) is 14.9 Å². The van der Waals surface area contributed by atoms with E-state index in [9.17, 15) is 13.2 Å². The van der Waals surface area contributed by atoms with Gasteiger partial charge in [0.2, 0.25) is 0 Å². The lowest BCUT2D eigenvalue weighted by molar-refractivity contribution is 0.238. The fourth-order valence-corrected chi connectivity index (χ4v) is 5.89. The highest BCUT2D eigenvalue weighted by molar-refractivity contribution is 7.90. The molecule has 5 rings (SSSR count). The van der Waals surface area contributed by atoms with Gasteiger partial charge in [0.25, 0.3) is 15.6 Å². The summed E-state index contributed by atoms with van der Waals surface area (Å²) in [7, 11) is -3.67. The Kier molecular flexibility index (Phi) is 5.09. The van der Waals surface area contributed by atoms with Crippen LogP contribution in [0, 0.1) is 0 Å². The van der Waals surface area contributed by atoms with Crippen LogP contribution in [0.15, 0.2) is 75.9 Å². The van der Waals surface area contributed by atoms with Crippen LogP contribution in [0.5, 0.6) is 0 Å². The van der Waals surface area contributed by atoms with Crippen molar-refractivity contribution in [2.75, 3.05) is 6.54 Å². The lowest BCUT2D eigenvalue weighted by Gasteiger charge is -2.28. The van der Waals surface area contributed by atoms with Crippen molar-refractivity contribution >= 4 is 21.4 Å². The summed E-state index contributed by atoms with van der Waals surface area (Å²) in [5, 5.41) is 1.95. The molecule has 0 atom stereocenters. The number of fused-ring (bicyclic) bond motifs is 1.